The third kappa shape index (κ3) is 2.97. The molecular formula is C10H13NO2S. The number of allylic oxidation sites excluding steroid dienone is 1. The van der Waals surface area contributed by atoms with Gasteiger partial charge in [0.05, 0.1) is 4.91 Å². The predicted octanol–water partition coefficient (Wildman–Crippen LogP) is 1.64. The fourth-order valence-electron chi connectivity index (χ4n) is 0.980. The Bertz CT molecular complexity index is 444. The lowest BCUT2D eigenvalue weighted by molar-refractivity contribution is 0.604. The van der Waals surface area contributed by atoms with Crippen molar-refractivity contribution in [3.63, 3.8) is 0 Å². The van der Waals surface area contributed by atoms with Crippen molar-refractivity contribution in [1.82, 2.24) is 0 Å². The maximum absolute atomic E-state index is 10.9. The lowest BCUT2D eigenvalue weighted by Gasteiger charge is -1.98. The Morgan fingerprint density at radius 1 is 1.29 bits per heavy atom. The second kappa shape index (κ2) is 3.94. The van der Waals surface area contributed by atoms with Gasteiger partial charge in [0.2, 0.25) is 10.0 Å². The van der Waals surface area contributed by atoms with E-state index in [1.165, 1.54) is 6.92 Å². The van der Waals surface area contributed by atoms with Crippen LogP contribution in [0.4, 0.5) is 0 Å². The van der Waals surface area contributed by atoms with E-state index in [1.54, 1.807) is 6.08 Å². The summed E-state index contributed by atoms with van der Waals surface area (Å²) in [7, 11) is -3.55. The smallest absolute Gasteiger partial charge is 0.225 e. The first kappa shape index (κ1) is 10.9. The van der Waals surface area contributed by atoms with Crippen molar-refractivity contribution in [2.45, 2.75) is 13.8 Å². The highest BCUT2D eigenvalue weighted by Crippen LogP contribution is 2.10. The average Bonchev–Trinajstić information content (AvgIpc) is 2.07. The van der Waals surface area contributed by atoms with E-state index in [-0.39, 0.29) is 4.91 Å². The second-order valence-corrected chi connectivity index (χ2v) is 4.94. The SMILES string of the molecule is CC(=Cc1ccc(C)cc1)S(N)(=O)=O. The van der Waals surface area contributed by atoms with Gasteiger partial charge in [-0.1, -0.05) is 29.8 Å². The van der Waals surface area contributed by atoms with Crippen LogP contribution in [-0.4, -0.2) is 8.42 Å². The number of hydrogen-bond acceptors (Lipinski definition) is 2. The Kier molecular flexibility index (Phi) is 3.08. The monoisotopic (exact) mass is 211 g/mol. The van der Waals surface area contributed by atoms with Gasteiger partial charge < -0.3 is 0 Å². The van der Waals surface area contributed by atoms with E-state index in [0.717, 1.165) is 11.1 Å². The van der Waals surface area contributed by atoms with Crippen molar-refractivity contribution in [2.75, 3.05) is 0 Å². The summed E-state index contributed by atoms with van der Waals surface area (Å²) in [5.74, 6) is 0. The molecule has 0 bridgehead atoms. The van der Waals surface area contributed by atoms with Gasteiger partial charge in [-0.2, -0.15) is 0 Å². The molecule has 0 saturated carbocycles. The summed E-state index contributed by atoms with van der Waals surface area (Å²) >= 11 is 0. The minimum atomic E-state index is -3.55. The predicted molar refractivity (Wildman–Crippen MR) is 57.9 cm³/mol. The number of hydrogen-bond donors (Lipinski definition) is 1. The van der Waals surface area contributed by atoms with E-state index in [2.05, 4.69) is 0 Å². The third-order valence-electron chi connectivity index (χ3n) is 1.90. The summed E-state index contributed by atoms with van der Waals surface area (Å²) in [5, 5.41) is 4.96. The Morgan fingerprint density at radius 2 is 1.79 bits per heavy atom. The van der Waals surface area contributed by atoms with Crippen LogP contribution in [0.2, 0.25) is 0 Å². The third-order valence-corrected chi connectivity index (χ3v) is 2.91. The molecule has 3 nitrogen and oxygen atoms in total. The Hall–Kier alpha value is -1.13. The van der Waals surface area contributed by atoms with Crippen LogP contribution in [0, 0.1) is 6.92 Å². The topological polar surface area (TPSA) is 60.2 Å². The highest BCUT2D eigenvalue weighted by molar-refractivity contribution is 7.93. The van der Waals surface area contributed by atoms with Gasteiger partial charge in [0.25, 0.3) is 0 Å². The van der Waals surface area contributed by atoms with Gasteiger partial charge in [-0.05, 0) is 25.5 Å². The zero-order valence-electron chi connectivity index (χ0n) is 8.19. The molecule has 0 atom stereocenters. The van der Waals surface area contributed by atoms with E-state index in [9.17, 15) is 8.42 Å². The summed E-state index contributed by atoms with van der Waals surface area (Å²) in [6.45, 7) is 3.45. The molecule has 14 heavy (non-hydrogen) atoms. The fourth-order valence-corrected chi connectivity index (χ4v) is 1.28. The summed E-state index contributed by atoms with van der Waals surface area (Å²) in [6, 6.07) is 7.54. The van der Waals surface area contributed by atoms with Gasteiger partial charge >= 0.3 is 0 Å². The zero-order valence-corrected chi connectivity index (χ0v) is 9.01. The van der Waals surface area contributed by atoms with Crippen LogP contribution >= 0.6 is 0 Å². The minimum Gasteiger partial charge on any atom is -0.225 e. The second-order valence-electron chi connectivity index (χ2n) is 3.21. The molecule has 0 radical (unpaired) electrons. The highest BCUT2D eigenvalue weighted by atomic mass is 32.2. The van der Waals surface area contributed by atoms with Crippen molar-refractivity contribution in [3.8, 4) is 0 Å². The average molecular weight is 211 g/mol. The van der Waals surface area contributed by atoms with E-state index in [0.29, 0.717) is 0 Å². The van der Waals surface area contributed by atoms with Gasteiger partial charge in [-0.3, -0.25) is 0 Å². The first-order valence-corrected chi connectivity index (χ1v) is 5.72. The van der Waals surface area contributed by atoms with Gasteiger partial charge in [0.1, 0.15) is 0 Å². The molecule has 0 aromatic heterocycles. The molecule has 0 unspecified atom stereocenters. The lowest BCUT2D eigenvalue weighted by Crippen LogP contribution is -2.12. The molecular weight excluding hydrogens is 198 g/mol. The van der Waals surface area contributed by atoms with Crippen LogP contribution in [0.1, 0.15) is 18.1 Å². The van der Waals surface area contributed by atoms with Crippen LogP contribution < -0.4 is 5.14 Å². The Balaban J connectivity index is 3.05. The number of primary sulfonamides is 1. The van der Waals surface area contributed by atoms with E-state index in [4.69, 9.17) is 5.14 Å². The molecule has 76 valence electrons. The van der Waals surface area contributed by atoms with Crippen LogP contribution in [-0.2, 0) is 10.0 Å². The molecule has 1 aromatic carbocycles. The molecule has 0 aliphatic heterocycles. The van der Waals surface area contributed by atoms with Crippen molar-refractivity contribution in [2.24, 2.45) is 5.14 Å². The highest BCUT2D eigenvalue weighted by Gasteiger charge is 2.04. The molecule has 0 aliphatic rings. The van der Waals surface area contributed by atoms with Gasteiger partial charge in [0, 0.05) is 0 Å². The molecule has 0 fully saturated rings. The van der Waals surface area contributed by atoms with Crippen molar-refractivity contribution in [3.05, 3.63) is 40.3 Å². The molecule has 0 aliphatic carbocycles. The van der Waals surface area contributed by atoms with Crippen molar-refractivity contribution in [1.29, 1.82) is 0 Å². The van der Waals surface area contributed by atoms with E-state index in [1.807, 2.05) is 31.2 Å². The van der Waals surface area contributed by atoms with Gasteiger partial charge in [-0.15, -0.1) is 0 Å². The number of aryl methyl sites for hydroxylation is 1. The van der Waals surface area contributed by atoms with Crippen LogP contribution in [0.5, 0.6) is 0 Å². The molecule has 0 spiro atoms. The lowest BCUT2D eigenvalue weighted by atomic mass is 10.1. The van der Waals surface area contributed by atoms with Crippen LogP contribution in [0.25, 0.3) is 6.08 Å². The van der Waals surface area contributed by atoms with Gasteiger partial charge in [-0.25, -0.2) is 13.6 Å². The molecule has 0 heterocycles. The Morgan fingerprint density at radius 3 is 2.21 bits per heavy atom. The fraction of sp³-hybridized carbons (Fsp3) is 0.200. The quantitative estimate of drug-likeness (QED) is 0.808. The first-order valence-electron chi connectivity index (χ1n) is 4.17. The standard InChI is InChI=1S/C10H13NO2S/c1-8-3-5-10(6-4-8)7-9(2)14(11,12)13/h3-7H,1-2H3,(H2,11,12,13). The maximum atomic E-state index is 10.9. The summed E-state index contributed by atoms with van der Waals surface area (Å²) in [6.07, 6.45) is 1.55. The number of nitrogens with two attached hydrogens (primary N) is 1. The molecule has 4 heteroatoms. The maximum Gasteiger partial charge on any atom is 0.233 e. The zero-order chi connectivity index (χ0) is 10.8. The van der Waals surface area contributed by atoms with Crippen molar-refractivity contribution < 1.29 is 8.42 Å². The summed E-state index contributed by atoms with van der Waals surface area (Å²) < 4.78 is 21.8. The molecule has 0 saturated heterocycles. The molecule has 2 N–H and O–H groups in total. The first-order chi connectivity index (χ1) is 6.39. The number of benzene rings is 1. The van der Waals surface area contributed by atoms with Crippen LogP contribution in [0.15, 0.2) is 29.2 Å². The molecule has 1 rings (SSSR count). The van der Waals surface area contributed by atoms with Crippen LogP contribution in [0.3, 0.4) is 0 Å². The Labute approximate surface area is 84.3 Å². The number of rotatable bonds is 2. The minimum absolute atomic E-state index is 0.168. The normalized spacial score (nSPS) is 12.9. The summed E-state index contributed by atoms with van der Waals surface area (Å²) in [5.41, 5.74) is 1.97. The molecule has 1 aromatic rings. The van der Waals surface area contributed by atoms with Gasteiger partial charge in [0.15, 0.2) is 0 Å². The number of sulfonamides is 1. The largest absolute Gasteiger partial charge is 0.233 e. The molecule has 0 amide bonds. The summed E-state index contributed by atoms with van der Waals surface area (Å²) in [4.78, 5) is 0.168. The van der Waals surface area contributed by atoms with Crippen molar-refractivity contribution >= 4 is 16.1 Å². The van der Waals surface area contributed by atoms with E-state index >= 15 is 0 Å². The van der Waals surface area contributed by atoms with E-state index < -0.39 is 10.0 Å².